The average Bonchev–Trinajstić information content (AvgIpc) is 2.75. The Labute approximate surface area is 112 Å². The highest BCUT2D eigenvalue weighted by Crippen LogP contribution is 2.26. The van der Waals surface area contributed by atoms with Gasteiger partial charge in [-0.25, -0.2) is 4.98 Å². The number of hydrogen-bond acceptors (Lipinski definition) is 5. The quantitative estimate of drug-likeness (QED) is 0.837. The van der Waals surface area contributed by atoms with Gasteiger partial charge in [-0.3, -0.25) is 9.78 Å². The molecule has 1 atom stereocenters. The normalized spacial score (nSPS) is 18.8. The molecule has 1 aromatic rings. The molecule has 102 valence electrons. The van der Waals surface area contributed by atoms with E-state index in [1.54, 1.807) is 18.6 Å². The molecule has 0 bridgehead atoms. The highest BCUT2D eigenvalue weighted by atomic mass is 16.2. The van der Waals surface area contributed by atoms with Crippen LogP contribution in [0.15, 0.2) is 23.7 Å². The molecular weight excluding hydrogens is 242 g/mol. The minimum absolute atomic E-state index is 0.0163. The Morgan fingerprint density at radius 3 is 2.89 bits per heavy atom. The molecule has 2 rings (SSSR count). The van der Waals surface area contributed by atoms with Gasteiger partial charge in [0.05, 0.1) is 17.8 Å². The summed E-state index contributed by atoms with van der Waals surface area (Å²) in [6.07, 6.45) is 8.07. The number of hydrazone groups is 1. The van der Waals surface area contributed by atoms with Crippen LogP contribution in [0.25, 0.3) is 0 Å². The first-order chi connectivity index (χ1) is 9.27. The van der Waals surface area contributed by atoms with Crippen LogP contribution in [0.2, 0.25) is 0 Å². The number of nitrogens with two attached hydrogens (primary N) is 1. The van der Waals surface area contributed by atoms with Gasteiger partial charge in [-0.1, -0.05) is 13.3 Å². The van der Waals surface area contributed by atoms with E-state index in [4.69, 9.17) is 5.73 Å². The van der Waals surface area contributed by atoms with Gasteiger partial charge < -0.3 is 5.73 Å². The smallest absolute Gasteiger partial charge is 0.257 e. The molecule has 2 heterocycles. The molecule has 6 heteroatoms. The summed E-state index contributed by atoms with van der Waals surface area (Å²) in [5.74, 6) is 0.319. The Morgan fingerprint density at radius 2 is 2.26 bits per heavy atom. The van der Waals surface area contributed by atoms with Gasteiger partial charge >= 0.3 is 0 Å². The molecule has 1 aliphatic rings. The first kappa shape index (κ1) is 13.6. The maximum Gasteiger partial charge on any atom is 0.257 e. The van der Waals surface area contributed by atoms with Crippen molar-refractivity contribution in [3.8, 4) is 0 Å². The standard InChI is InChI=1S/C13H19N5O/c1-2-4-11-10(5-3-6-14)13(19)18(17-11)12-9-15-7-8-16-12/h7-10H,2-6,14H2,1H3. The molecule has 1 aliphatic heterocycles. The third-order valence-electron chi connectivity index (χ3n) is 3.11. The van der Waals surface area contributed by atoms with Crippen molar-refractivity contribution < 1.29 is 4.79 Å². The maximum atomic E-state index is 12.4. The maximum absolute atomic E-state index is 12.4. The second-order valence-corrected chi connectivity index (χ2v) is 4.54. The Kier molecular flexibility index (Phi) is 4.57. The average molecular weight is 261 g/mol. The first-order valence-electron chi connectivity index (χ1n) is 6.65. The van der Waals surface area contributed by atoms with Crippen LogP contribution in [0.4, 0.5) is 5.82 Å². The van der Waals surface area contributed by atoms with Crippen LogP contribution >= 0.6 is 0 Å². The van der Waals surface area contributed by atoms with Crippen LogP contribution in [0.5, 0.6) is 0 Å². The molecule has 0 radical (unpaired) electrons. The van der Waals surface area contributed by atoms with E-state index in [0.717, 1.165) is 31.4 Å². The second-order valence-electron chi connectivity index (χ2n) is 4.54. The second kappa shape index (κ2) is 6.38. The number of nitrogens with zero attached hydrogens (tertiary/aromatic N) is 4. The number of carbonyl (C=O) groups excluding carboxylic acids is 1. The number of carbonyl (C=O) groups is 1. The fraction of sp³-hybridized carbons (Fsp3) is 0.538. The third-order valence-corrected chi connectivity index (χ3v) is 3.11. The van der Waals surface area contributed by atoms with Gasteiger partial charge in [-0.15, -0.1) is 0 Å². The van der Waals surface area contributed by atoms with Gasteiger partial charge in [-0.2, -0.15) is 10.1 Å². The van der Waals surface area contributed by atoms with Crippen LogP contribution in [0.1, 0.15) is 32.6 Å². The highest BCUT2D eigenvalue weighted by molar-refractivity contribution is 6.15. The van der Waals surface area contributed by atoms with E-state index < -0.39 is 0 Å². The molecule has 6 nitrogen and oxygen atoms in total. The largest absolute Gasteiger partial charge is 0.330 e. The van der Waals surface area contributed by atoms with Crippen LogP contribution < -0.4 is 10.7 Å². The van der Waals surface area contributed by atoms with Gasteiger partial charge in [0.2, 0.25) is 0 Å². The Hall–Kier alpha value is -1.82. The van der Waals surface area contributed by atoms with Gasteiger partial charge in [0.1, 0.15) is 0 Å². The fourth-order valence-electron chi connectivity index (χ4n) is 2.19. The zero-order valence-corrected chi connectivity index (χ0v) is 11.1. The van der Waals surface area contributed by atoms with Gasteiger partial charge in [0.15, 0.2) is 5.82 Å². The SMILES string of the molecule is CCCC1=NN(c2cnccn2)C(=O)C1CCCN. The van der Waals surface area contributed by atoms with Crippen molar-refractivity contribution in [2.45, 2.75) is 32.6 Å². The molecule has 1 unspecified atom stereocenters. The van der Waals surface area contributed by atoms with Crippen LogP contribution in [-0.4, -0.2) is 28.1 Å². The predicted octanol–water partition coefficient (Wildman–Crippen LogP) is 1.33. The zero-order valence-electron chi connectivity index (χ0n) is 11.1. The number of aromatic nitrogens is 2. The summed E-state index contributed by atoms with van der Waals surface area (Å²) in [6, 6.07) is 0. The molecule has 0 saturated carbocycles. The summed E-state index contributed by atoms with van der Waals surface area (Å²) >= 11 is 0. The van der Waals surface area contributed by atoms with Crippen molar-refractivity contribution in [2.24, 2.45) is 16.8 Å². The summed E-state index contributed by atoms with van der Waals surface area (Å²) in [4.78, 5) is 20.5. The zero-order chi connectivity index (χ0) is 13.7. The van der Waals surface area contributed by atoms with Gasteiger partial charge in [0, 0.05) is 12.4 Å². The molecule has 0 fully saturated rings. The Bertz CT molecular complexity index is 459. The predicted molar refractivity (Wildman–Crippen MR) is 73.6 cm³/mol. The van der Waals surface area contributed by atoms with Crippen molar-refractivity contribution in [1.29, 1.82) is 0 Å². The summed E-state index contributed by atoms with van der Waals surface area (Å²) in [6.45, 7) is 2.67. The van der Waals surface area contributed by atoms with E-state index in [0.29, 0.717) is 12.4 Å². The lowest BCUT2D eigenvalue weighted by molar-refractivity contribution is -0.120. The lowest BCUT2D eigenvalue weighted by Crippen LogP contribution is -2.28. The Balaban J connectivity index is 2.20. The molecule has 0 aliphatic carbocycles. The lowest BCUT2D eigenvalue weighted by atomic mass is 9.95. The van der Waals surface area contributed by atoms with Crippen LogP contribution in [0, 0.1) is 5.92 Å². The summed E-state index contributed by atoms with van der Waals surface area (Å²) in [5.41, 5.74) is 6.47. The number of amides is 1. The van der Waals surface area contributed by atoms with E-state index in [-0.39, 0.29) is 11.8 Å². The number of hydrogen-bond donors (Lipinski definition) is 1. The summed E-state index contributed by atoms with van der Waals surface area (Å²) in [5, 5.41) is 5.79. The van der Waals surface area contributed by atoms with Crippen molar-refractivity contribution in [1.82, 2.24) is 9.97 Å². The monoisotopic (exact) mass is 261 g/mol. The van der Waals surface area contributed by atoms with Crippen molar-refractivity contribution in [3.05, 3.63) is 18.6 Å². The molecule has 19 heavy (non-hydrogen) atoms. The molecule has 2 N–H and O–H groups in total. The van der Waals surface area contributed by atoms with Crippen molar-refractivity contribution in [3.63, 3.8) is 0 Å². The molecule has 1 amide bonds. The van der Waals surface area contributed by atoms with Gasteiger partial charge in [0.25, 0.3) is 5.91 Å². The molecule has 1 aromatic heterocycles. The van der Waals surface area contributed by atoms with Crippen molar-refractivity contribution >= 4 is 17.4 Å². The minimum Gasteiger partial charge on any atom is -0.330 e. The van der Waals surface area contributed by atoms with Gasteiger partial charge in [-0.05, 0) is 25.8 Å². The van der Waals surface area contributed by atoms with E-state index >= 15 is 0 Å². The summed E-state index contributed by atoms with van der Waals surface area (Å²) < 4.78 is 0. The minimum atomic E-state index is -0.148. The third kappa shape index (κ3) is 2.96. The molecule has 0 saturated heterocycles. The molecular formula is C13H19N5O. The van der Waals surface area contributed by atoms with E-state index in [1.165, 1.54) is 5.01 Å². The highest BCUT2D eigenvalue weighted by Gasteiger charge is 2.36. The van der Waals surface area contributed by atoms with Crippen LogP contribution in [-0.2, 0) is 4.79 Å². The number of anilines is 1. The lowest BCUT2D eigenvalue weighted by Gasteiger charge is -2.12. The van der Waals surface area contributed by atoms with E-state index in [1.807, 2.05) is 0 Å². The first-order valence-corrected chi connectivity index (χ1v) is 6.65. The molecule has 0 spiro atoms. The topological polar surface area (TPSA) is 84.5 Å². The van der Waals surface area contributed by atoms with E-state index in [2.05, 4.69) is 22.0 Å². The fourth-order valence-corrected chi connectivity index (χ4v) is 2.19. The number of rotatable bonds is 6. The Morgan fingerprint density at radius 1 is 1.42 bits per heavy atom. The van der Waals surface area contributed by atoms with Crippen LogP contribution in [0.3, 0.4) is 0 Å². The molecule has 0 aromatic carbocycles. The van der Waals surface area contributed by atoms with E-state index in [9.17, 15) is 4.79 Å². The van der Waals surface area contributed by atoms with Crippen molar-refractivity contribution in [2.75, 3.05) is 11.6 Å². The summed E-state index contributed by atoms with van der Waals surface area (Å²) in [7, 11) is 0.